The smallest absolute Gasteiger partial charge is 0.261 e. The van der Waals surface area contributed by atoms with Crippen LogP contribution in [0.2, 0.25) is 0 Å². The lowest BCUT2D eigenvalue weighted by Gasteiger charge is -2.26. The van der Waals surface area contributed by atoms with E-state index in [0.717, 1.165) is 29.4 Å². The van der Waals surface area contributed by atoms with Gasteiger partial charge >= 0.3 is 0 Å². The summed E-state index contributed by atoms with van der Waals surface area (Å²) in [5, 5.41) is 1.78. The summed E-state index contributed by atoms with van der Waals surface area (Å²) in [4.78, 5) is 0.120. The topological polar surface area (TPSA) is 43.4 Å². The van der Waals surface area contributed by atoms with Gasteiger partial charge in [0.2, 0.25) is 0 Å². The molecule has 0 saturated heterocycles. The summed E-state index contributed by atoms with van der Waals surface area (Å²) in [6.07, 6.45) is 3.79. The van der Waals surface area contributed by atoms with E-state index < -0.39 is 9.05 Å². The second kappa shape index (κ2) is 4.69. The van der Waals surface area contributed by atoms with Crippen molar-refractivity contribution in [1.29, 1.82) is 0 Å². The second-order valence-corrected chi connectivity index (χ2v) is 7.35. The van der Waals surface area contributed by atoms with Gasteiger partial charge in [0.1, 0.15) is 5.75 Å². The molecule has 0 aliphatic heterocycles. The van der Waals surface area contributed by atoms with Gasteiger partial charge in [0.05, 0.1) is 11.0 Å². The van der Waals surface area contributed by atoms with E-state index in [1.165, 1.54) is 12.5 Å². The van der Waals surface area contributed by atoms with Crippen molar-refractivity contribution in [2.75, 3.05) is 0 Å². The summed E-state index contributed by atoms with van der Waals surface area (Å²) in [7, 11) is 1.66. The maximum Gasteiger partial charge on any atom is 0.261 e. The summed E-state index contributed by atoms with van der Waals surface area (Å²) >= 11 is 0. The molecule has 0 N–H and O–H groups in total. The van der Waals surface area contributed by atoms with Gasteiger partial charge in [-0.3, -0.25) is 0 Å². The Kier molecular flexibility index (Phi) is 3.15. The number of hydrogen-bond acceptors (Lipinski definition) is 3. The highest BCUT2D eigenvalue weighted by Crippen LogP contribution is 2.29. The van der Waals surface area contributed by atoms with Crippen LogP contribution >= 0.6 is 10.7 Å². The number of ether oxygens (including phenoxy) is 1. The first kappa shape index (κ1) is 12.8. The molecule has 1 fully saturated rings. The van der Waals surface area contributed by atoms with Crippen molar-refractivity contribution in [1.82, 2.24) is 0 Å². The average Bonchev–Trinajstić information content (AvgIpc) is 2.32. The SMILES string of the molecule is O=S(=O)(Cl)c1ccc2cc(OC3CCC3)ccc2c1. The minimum atomic E-state index is -3.68. The molecule has 2 aromatic carbocycles. The zero-order valence-electron chi connectivity index (χ0n) is 10.2. The first-order chi connectivity index (χ1) is 9.02. The first-order valence-corrected chi connectivity index (χ1v) is 8.48. The Morgan fingerprint density at radius 3 is 2.37 bits per heavy atom. The van der Waals surface area contributed by atoms with Gasteiger partial charge in [-0.1, -0.05) is 12.1 Å². The van der Waals surface area contributed by atoms with Crippen LogP contribution in [0.1, 0.15) is 19.3 Å². The summed E-state index contributed by atoms with van der Waals surface area (Å²) in [5.74, 6) is 0.832. The Hall–Kier alpha value is -1.26. The average molecular weight is 297 g/mol. The van der Waals surface area contributed by atoms with Crippen molar-refractivity contribution in [3.05, 3.63) is 36.4 Å². The van der Waals surface area contributed by atoms with Crippen LogP contribution < -0.4 is 4.74 Å². The van der Waals surface area contributed by atoms with E-state index in [1.54, 1.807) is 12.1 Å². The minimum absolute atomic E-state index is 0.120. The summed E-state index contributed by atoms with van der Waals surface area (Å²) in [5.41, 5.74) is 0. The molecule has 2 aromatic rings. The van der Waals surface area contributed by atoms with Crippen LogP contribution in [0.4, 0.5) is 0 Å². The Morgan fingerprint density at radius 1 is 1.05 bits per heavy atom. The summed E-state index contributed by atoms with van der Waals surface area (Å²) in [6, 6.07) is 10.5. The molecule has 0 radical (unpaired) electrons. The van der Waals surface area contributed by atoms with Crippen molar-refractivity contribution in [3.63, 3.8) is 0 Å². The third-order valence-corrected chi connectivity index (χ3v) is 4.77. The van der Waals surface area contributed by atoms with Crippen molar-refractivity contribution in [2.24, 2.45) is 0 Å². The predicted molar refractivity (Wildman–Crippen MR) is 75.3 cm³/mol. The molecule has 1 aliphatic carbocycles. The van der Waals surface area contributed by atoms with Crippen LogP contribution in [-0.4, -0.2) is 14.5 Å². The Morgan fingerprint density at radius 2 is 1.74 bits per heavy atom. The van der Waals surface area contributed by atoms with E-state index in [2.05, 4.69) is 0 Å². The predicted octanol–water partition coefficient (Wildman–Crippen LogP) is 3.70. The molecule has 3 nitrogen and oxygen atoms in total. The lowest BCUT2D eigenvalue weighted by molar-refractivity contribution is 0.120. The van der Waals surface area contributed by atoms with Crippen LogP contribution in [0.5, 0.6) is 5.75 Å². The van der Waals surface area contributed by atoms with Gasteiger partial charge in [0, 0.05) is 10.7 Å². The van der Waals surface area contributed by atoms with Crippen molar-refractivity contribution in [3.8, 4) is 5.75 Å². The lowest BCUT2D eigenvalue weighted by atomic mass is 9.96. The van der Waals surface area contributed by atoms with Crippen LogP contribution in [-0.2, 0) is 9.05 Å². The maximum absolute atomic E-state index is 11.3. The molecule has 0 bridgehead atoms. The van der Waals surface area contributed by atoms with Crippen LogP contribution in [0.25, 0.3) is 10.8 Å². The van der Waals surface area contributed by atoms with Gasteiger partial charge < -0.3 is 4.74 Å². The third-order valence-electron chi connectivity index (χ3n) is 3.42. The van der Waals surface area contributed by atoms with Gasteiger partial charge in [-0.15, -0.1) is 0 Å². The third kappa shape index (κ3) is 2.69. The molecule has 0 spiro atoms. The van der Waals surface area contributed by atoms with Gasteiger partial charge in [0.25, 0.3) is 9.05 Å². The highest BCUT2D eigenvalue weighted by molar-refractivity contribution is 8.13. The molecule has 1 saturated carbocycles. The fraction of sp³-hybridized carbons (Fsp3) is 0.286. The first-order valence-electron chi connectivity index (χ1n) is 6.17. The van der Waals surface area contributed by atoms with Gasteiger partial charge in [-0.2, -0.15) is 0 Å². The molecule has 0 heterocycles. The van der Waals surface area contributed by atoms with E-state index in [0.29, 0.717) is 6.10 Å². The Balaban J connectivity index is 1.95. The standard InChI is InChI=1S/C14H13ClO3S/c15-19(16,17)14-7-5-10-8-13(6-4-11(10)9-14)18-12-2-1-3-12/h4-9,12H,1-3H2. The number of fused-ring (bicyclic) bond motifs is 1. The number of benzene rings is 2. The molecule has 5 heteroatoms. The van der Waals surface area contributed by atoms with Crippen molar-refractivity contribution >= 4 is 30.5 Å². The van der Waals surface area contributed by atoms with Crippen LogP contribution in [0.15, 0.2) is 41.3 Å². The molecular weight excluding hydrogens is 284 g/mol. The molecular formula is C14H13ClO3S. The highest BCUT2D eigenvalue weighted by atomic mass is 35.7. The molecule has 19 heavy (non-hydrogen) atoms. The van der Waals surface area contributed by atoms with Gasteiger partial charge in [-0.05, 0) is 54.3 Å². The molecule has 0 aromatic heterocycles. The largest absolute Gasteiger partial charge is 0.490 e. The Labute approximate surface area is 116 Å². The minimum Gasteiger partial charge on any atom is -0.490 e. The summed E-state index contributed by atoms with van der Waals surface area (Å²) < 4.78 is 28.4. The fourth-order valence-corrected chi connectivity index (χ4v) is 2.89. The molecule has 3 rings (SSSR count). The van der Waals surface area contributed by atoms with E-state index >= 15 is 0 Å². The van der Waals surface area contributed by atoms with E-state index in [9.17, 15) is 8.42 Å². The van der Waals surface area contributed by atoms with Gasteiger partial charge in [-0.25, -0.2) is 8.42 Å². The number of rotatable bonds is 3. The van der Waals surface area contributed by atoms with Crippen molar-refractivity contribution < 1.29 is 13.2 Å². The zero-order chi connectivity index (χ0) is 13.5. The molecule has 1 aliphatic rings. The Bertz CT molecular complexity index is 721. The van der Waals surface area contributed by atoms with E-state index in [-0.39, 0.29) is 4.90 Å². The molecule has 0 amide bonds. The van der Waals surface area contributed by atoms with Crippen LogP contribution in [0, 0.1) is 0 Å². The quantitative estimate of drug-likeness (QED) is 0.811. The van der Waals surface area contributed by atoms with Gasteiger partial charge in [0.15, 0.2) is 0 Å². The molecule has 0 atom stereocenters. The zero-order valence-corrected chi connectivity index (χ0v) is 11.7. The monoisotopic (exact) mass is 296 g/mol. The summed E-state index contributed by atoms with van der Waals surface area (Å²) in [6.45, 7) is 0. The van der Waals surface area contributed by atoms with Crippen molar-refractivity contribution in [2.45, 2.75) is 30.3 Å². The number of hydrogen-bond donors (Lipinski definition) is 0. The molecule has 0 unspecified atom stereocenters. The number of halogens is 1. The van der Waals surface area contributed by atoms with E-state index in [1.807, 2.05) is 18.2 Å². The highest BCUT2D eigenvalue weighted by Gasteiger charge is 2.19. The maximum atomic E-state index is 11.3. The second-order valence-electron chi connectivity index (χ2n) is 4.78. The fourth-order valence-electron chi connectivity index (χ4n) is 2.11. The lowest BCUT2D eigenvalue weighted by Crippen LogP contribution is -2.24. The molecule has 100 valence electrons. The normalized spacial score (nSPS) is 16.3. The van der Waals surface area contributed by atoms with Crippen LogP contribution in [0.3, 0.4) is 0 Å². The van der Waals surface area contributed by atoms with E-state index in [4.69, 9.17) is 15.4 Å².